The lowest BCUT2D eigenvalue weighted by Crippen LogP contribution is -2.41. The lowest BCUT2D eigenvalue weighted by molar-refractivity contribution is 0.0945. The van der Waals surface area contributed by atoms with Crippen LogP contribution in [0.4, 0.5) is 5.69 Å². The monoisotopic (exact) mass is 327 g/mol. The summed E-state index contributed by atoms with van der Waals surface area (Å²) in [5.74, 6) is 0.436. The normalized spacial score (nSPS) is 17.8. The van der Waals surface area contributed by atoms with Crippen LogP contribution >= 0.6 is 0 Å². The Bertz CT molecular complexity index is 724. The van der Waals surface area contributed by atoms with E-state index >= 15 is 0 Å². The molecule has 6 nitrogen and oxygen atoms in total. The van der Waals surface area contributed by atoms with E-state index in [1.807, 2.05) is 27.1 Å². The van der Waals surface area contributed by atoms with Gasteiger partial charge in [0.15, 0.2) is 0 Å². The van der Waals surface area contributed by atoms with Gasteiger partial charge in [-0.25, -0.2) is 0 Å². The van der Waals surface area contributed by atoms with Gasteiger partial charge in [-0.15, -0.1) is 0 Å². The summed E-state index contributed by atoms with van der Waals surface area (Å²) in [6.45, 7) is 6.61. The summed E-state index contributed by atoms with van der Waals surface area (Å²) in [5, 5.41) is 7.30. The van der Waals surface area contributed by atoms with Crippen LogP contribution in [0, 0.1) is 19.8 Å². The number of nitrogens with zero attached hydrogens (tertiary/aromatic N) is 4. The Morgan fingerprint density at radius 2 is 2.25 bits per heavy atom. The number of carbonyl (C=O) groups excluding carboxylic acids is 1. The van der Waals surface area contributed by atoms with Gasteiger partial charge in [-0.05, 0) is 44.7 Å². The number of hydrogen-bond acceptors (Lipinski definition) is 4. The largest absolute Gasteiger partial charge is 0.371 e. The Kier molecular flexibility index (Phi) is 4.83. The van der Waals surface area contributed by atoms with Gasteiger partial charge < -0.3 is 10.2 Å². The molecule has 0 spiro atoms. The molecule has 3 heterocycles. The maximum Gasteiger partial charge on any atom is 0.254 e. The fourth-order valence-corrected chi connectivity index (χ4v) is 3.35. The first-order valence-electron chi connectivity index (χ1n) is 8.49. The predicted molar refractivity (Wildman–Crippen MR) is 94.2 cm³/mol. The third kappa shape index (κ3) is 3.75. The van der Waals surface area contributed by atoms with Gasteiger partial charge in [0.05, 0.1) is 11.3 Å². The van der Waals surface area contributed by atoms with Crippen molar-refractivity contribution in [1.29, 1.82) is 0 Å². The number of anilines is 1. The van der Waals surface area contributed by atoms with Crippen molar-refractivity contribution in [2.75, 3.05) is 24.5 Å². The molecule has 24 heavy (non-hydrogen) atoms. The van der Waals surface area contributed by atoms with E-state index in [2.05, 4.69) is 32.4 Å². The topological polar surface area (TPSA) is 63.1 Å². The number of carbonyl (C=O) groups is 1. The minimum atomic E-state index is -0.0301. The van der Waals surface area contributed by atoms with Crippen LogP contribution in [0.5, 0.6) is 0 Å². The number of piperidine rings is 1. The molecule has 2 aromatic heterocycles. The zero-order chi connectivity index (χ0) is 17.1. The summed E-state index contributed by atoms with van der Waals surface area (Å²) >= 11 is 0. The maximum atomic E-state index is 12.3. The van der Waals surface area contributed by atoms with E-state index in [1.165, 1.54) is 5.69 Å². The van der Waals surface area contributed by atoms with Crippen LogP contribution in [0.25, 0.3) is 0 Å². The zero-order valence-corrected chi connectivity index (χ0v) is 14.6. The van der Waals surface area contributed by atoms with Crippen molar-refractivity contribution in [3.63, 3.8) is 0 Å². The Morgan fingerprint density at radius 3 is 2.96 bits per heavy atom. The first-order chi connectivity index (χ1) is 11.5. The molecule has 1 unspecified atom stereocenters. The van der Waals surface area contributed by atoms with Gasteiger partial charge in [-0.1, -0.05) is 0 Å². The van der Waals surface area contributed by atoms with E-state index in [9.17, 15) is 4.79 Å². The number of nitrogens with one attached hydrogen (secondary N) is 1. The maximum absolute atomic E-state index is 12.3. The first-order valence-corrected chi connectivity index (χ1v) is 8.49. The quantitative estimate of drug-likeness (QED) is 0.934. The van der Waals surface area contributed by atoms with Crippen molar-refractivity contribution < 1.29 is 4.79 Å². The second-order valence-electron chi connectivity index (χ2n) is 6.62. The number of pyridine rings is 1. The highest BCUT2D eigenvalue weighted by Gasteiger charge is 2.21. The summed E-state index contributed by atoms with van der Waals surface area (Å²) in [4.78, 5) is 19.0. The number of aryl methyl sites for hydroxylation is 3. The molecule has 0 radical (unpaired) electrons. The molecule has 0 saturated carbocycles. The average molecular weight is 327 g/mol. The zero-order valence-electron chi connectivity index (χ0n) is 14.6. The van der Waals surface area contributed by atoms with Crippen LogP contribution in [-0.2, 0) is 7.05 Å². The molecule has 0 aromatic carbocycles. The highest BCUT2D eigenvalue weighted by molar-refractivity contribution is 5.94. The summed E-state index contributed by atoms with van der Waals surface area (Å²) in [5.41, 5.74) is 3.69. The van der Waals surface area contributed by atoms with Crippen molar-refractivity contribution in [3.8, 4) is 0 Å². The number of aromatic nitrogens is 3. The molecule has 1 atom stereocenters. The first kappa shape index (κ1) is 16.5. The minimum Gasteiger partial charge on any atom is -0.371 e. The van der Waals surface area contributed by atoms with Gasteiger partial charge in [0.2, 0.25) is 0 Å². The van der Waals surface area contributed by atoms with E-state index in [0.29, 0.717) is 18.0 Å². The van der Waals surface area contributed by atoms with Crippen molar-refractivity contribution in [2.24, 2.45) is 13.0 Å². The molecular weight excluding hydrogens is 302 g/mol. The van der Waals surface area contributed by atoms with Gasteiger partial charge in [-0.3, -0.25) is 14.5 Å². The molecule has 1 N–H and O–H groups in total. The Labute approximate surface area is 142 Å². The SMILES string of the molecule is Cc1cc(N2CCCC(CNC(=O)c3cn(C)nc3C)C2)ccn1. The van der Waals surface area contributed by atoms with Crippen LogP contribution in [0.2, 0.25) is 0 Å². The predicted octanol–water partition coefficient (Wildman–Crippen LogP) is 2.08. The Morgan fingerprint density at radius 1 is 1.42 bits per heavy atom. The van der Waals surface area contributed by atoms with Crippen LogP contribution in [0.15, 0.2) is 24.5 Å². The van der Waals surface area contributed by atoms with E-state index in [4.69, 9.17) is 0 Å². The highest BCUT2D eigenvalue weighted by atomic mass is 16.1. The second-order valence-corrected chi connectivity index (χ2v) is 6.62. The van der Waals surface area contributed by atoms with E-state index < -0.39 is 0 Å². The summed E-state index contributed by atoms with van der Waals surface area (Å²) in [7, 11) is 1.83. The van der Waals surface area contributed by atoms with Crippen LogP contribution in [-0.4, -0.2) is 40.3 Å². The highest BCUT2D eigenvalue weighted by Crippen LogP contribution is 2.23. The molecule has 1 aliphatic heterocycles. The lowest BCUT2D eigenvalue weighted by Gasteiger charge is -2.34. The van der Waals surface area contributed by atoms with Crippen molar-refractivity contribution >= 4 is 11.6 Å². The summed E-state index contributed by atoms with van der Waals surface area (Å²) in [6.07, 6.45) is 5.93. The second kappa shape index (κ2) is 7.03. The van der Waals surface area contributed by atoms with E-state index in [1.54, 1.807) is 10.9 Å². The minimum absolute atomic E-state index is 0.0301. The van der Waals surface area contributed by atoms with Gasteiger partial charge in [-0.2, -0.15) is 5.10 Å². The number of rotatable bonds is 4. The Hall–Kier alpha value is -2.37. The Balaban J connectivity index is 1.58. The van der Waals surface area contributed by atoms with Gasteiger partial charge in [0.1, 0.15) is 0 Å². The molecule has 3 rings (SSSR count). The van der Waals surface area contributed by atoms with Crippen LogP contribution in [0.1, 0.15) is 34.6 Å². The standard InChI is InChI=1S/C18H25N5O/c1-13-9-16(6-7-19-13)23-8-4-5-15(11-23)10-20-18(24)17-12-22(3)21-14(17)2/h6-7,9,12,15H,4-5,8,10-11H2,1-3H3,(H,20,24). The fourth-order valence-electron chi connectivity index (χ4n) is 3.35. The number of amides is 1. The molecule has 1 aliphatic rings. The smallest absolute Gasteiger partial charge is 0.254 e. The molecule has 128 valence electrons. The molecular formula is C18H25N5O. The molecule has 0 bridgehead atoms. The van der Waals surface area contributed by atoms with E-state index in [-0.39, 0.29) is 5.91 Å². The van der Waals surface area contributed by atoms with Crippen LogP contribution < -0.4 is 10.2 Å². The lowest BCUT2D eigenvalue weighted by atomic mass is 9.97. The molecule has 1 amide bonds. The van der Waals surface area contributed by atoms with Crippen molar-refractivity contribution in [1.82, 2.24) is 20.1 Å². The molecule has 0 aliphatic carbocycles. The molecule has 6 heteroatoms. The molecule has 1 fully saturated rings. The summed E-state index contributed by atoms with van der Waals surface area (Å²) in [6, 6.07) is 4.19. The fraction of sp³-hybridized carbons (Fsp3) is 0.500. The number of hydrogen-bond donors (Lipinski definition) is 1. The third-order valence-electron chi connectivity index (χ3n) is 4.57. The third-order valence-corrected chi connectivity index (χ3v) is 4.57. The van der Waals surface area contributed by atoms with Gasteiger partial charge in [0.25, 0.3) is 5.91 Å². The van der Waals surface area contributed by atoms with Crippen molar-refractivity contribution in [3.05, 3.63) is 41.5 Å². The summed E-state index contributed by atoms with van der Waals surface area (Å²) < 4.78 is 1.68. The van der Waals surface area contributed by atoms with E-state index in [0.717, 1.165) is 37.3 Å². The van der Waals surface area contributed by atoms with Crippen molar-refractivity contribution in [2.45, 2.75) is 26.7 Å². The molecule has 1 saturated heterocycles. The van der Waals surface area contributed by atoms with Crippen LogP contribution in [0.3, 0.4) is 0 Å². The van der Waals surface area contributed by atoms with Gasteiger partial charge >= 0.3 is 0 Å². The average Bonchev–Trinajstić information content (AvgIpc) is 2.91. The van der Waals surface area contributed by atoms with Gasteiger partial charge in [0, 0.05) is 50.5 Å². The molecule has 2 aromatic rings.